The van der Waals surface area contributed by atoms with Crippen LogP contribution in [0.1, 0.15) is 35.2 Å². The first-order valence-corrected chi connectivity index (χ1v) is 8.76. The van der Waals surface area contributed by atoms with Crippen molar-refractivity contribution >= 4 is 23.2 Å². The zero-order valence-electron chi connectivity index (χ0n) is 14.7. The van der Waals surface area contributed by atoms with E-state index in [4.69, 9.17) is 0 Å². The van der Waals surface area contributed by atoms with Gasteiger partial charge in [0.05, 0.1) is 16.2 Å². The van der Waals surface area contributed by atoms with Crippen LogP contribution in [0.5, 0.6) is 0 Å². The second-order valence-corrected chi connectivity index (χ2v) is 6.80. The Morgan fingerprint density at radius 1 is 1.33 bits per heavy atom. The van der Waals surface area contributed by atoms with Gasteiger partial charge in [0.15, 0.2) is 0 Å². The molecule has 1 atom stereocenters. The molecule has 0 spiro atoms. The largest absolute Gasteiger partial charge is 0.325 e. The van der Waals surface area contributed by atoms with Gasteiger partial charge in [0.1, 0.15) is 0 Å². The summed E-state index contributed by atoms with van der Waals surface area (Å²) in [5.41, 5.74) is 3.54. The summed E-state index contributed by atoms with van der Waals surface area (Å²) in [6, 6.07) is 4.35. The molecule has 136 valence electrons. The molecule has 0 saturated heterocycles. The van der Waals surface area contributed by atoms with Crippen molar-refractivity contribution < 1.29 is 14.5 Å². The number of allylic oxidation sites excluding steroid dienone is 3. The van der Waals surface area contributed by atoms with Gasteiger partial charge in [-0.25, -0.2) is 4.99 Å². The number of benzene rings is 1. The molecule has 27 heavy (non-hydrogen) atoms. The maximum absolute atomic E-state index is 12.5. The fourth-order valence-electron chi connectivity index (χ4n) is 3.89. The number of rotatable bonds is 2. The fourth-order valence-corrected chi connectivity index (χ4v) is 3.89. The quantitative estimate of drug-likeness (QED) is 0.644. The first kappa shape index (κ1) is 17.1. The Morgan fingerprint density at radius 2 is 2.15 bits per heavy atom. The van der Waals surface area contributed by atoms with Gasteiger partial charge in [-0.3, -0.25) is 19.7 Å². The van der Waals surface area contributed by atoms with Crippen LogP contribution in [-0.2, 0) is 4.79 Å². The Labute approximate surface area is 155 Å². The molecule has 1 heterocycles. The second-order valence-electron chi connectivity index (χ2n) is 6.80. The number of fused-ring (bicyclic) bond motifs is 2. The van der Waals surface area contributed by atoms with E-state index in [-0.39, 0.29) is 28.6 Å². The minimum absolute atomic E-state index is 0.0359. The summed E-state index contributed by atoms with van der Waals surface area (Å²) in [5.74, 6) is -0.580. The predicted octanol–water partition coefficient (Wildman–Crippen LogP) is 3.16. The summed E-state index contributed by atoms with van der Waals surface area (Å²) in [4.78, 5) is 39.4. The van der Waals surface area contributed by atoms with E-state index in [1.54, 1.807) is 12.2 Å². The molecule has 0 saturated carbocycles. The molecular weight excluding hydrogens is 346 g/mol. The van der Waals surface area contributed by atoms with Gasteiger partial charge in [-0.1, -0.05) is 12.1 Å². The molecule has 0 aromatic heterocycles. The molecule has 1 unspecified atom stereocenters. The second kappa shape index (κ2) is 6.42. The van der Waals surface area contributed by atoms with Crippen LogP contribution in [0.3, 0.4) is 0 Å². The third kappa shape index (κ3) is 2.91. The lowest BCUT2D eigenvalue weighted by Crippen LogP contribution is -2.35. The molecule has 1 N–H and O–H groups in total. The van der Waals surface area contributed by atoms with E-state index in [2.05, 4.69) is 10.3 Å². The highest BCUT2D eigenvalue weighted by Gasteiger charge is 2.34. The van der Waals surface area contributed by atoms with E-state index in [1.807, 2.05) is 6.08 Å². The maximum Gasteiger partial charge on any atom is 0.278 e. The molecule has 0 bridgehead atoms. The van der Waals surface area contributed by atoms with Crippen LogP contribution in [0, 0.1) is 23.0 Å². The van der Waals surface area contributed by atoms with E-state index in [0.717, 1.165) is 36.1 Å². The topological polar surface area (TPSA) is 102 Å². The standard InChI is InChI=1S/C20H17N3O4/c1-11-13(4-3-7-18(11)23(26)27)19(24)21-12-8-9-15-14-5-2-6-16(14)20(25)22-17(15)10-12/h3-4,7-10,15H,2,5-6H2,1H3,(H,22,25). The Kier molecular flexibility index (Phi) is 4.07. The molecule has 7 nitrogen and oxygen atoms in total. The van der Waals surface area contributed by atoms with Crippen LogP contribution >= 0.6 is 0 Å². The van der Waals surface area contributed by atoms with Crippen LogP contribution in [0.2, 0.25) is 0 Å². The Morgan fingerprint density at radius 3 is 2.93 bits per heavy atom. The number of aliphatic imine (C=N–C) groups is 1. The molecule has 0 fully saturated rings. The van der Waals surface area contributed by atoms with Crippen molar-refractivity contribution in [3.63, 3.8) is 0 Å². The number of nitro benzene ring substituents is 1. The lowest BCUT2D eigenvalue weighted by molar-refractivity contribution is -0.385. The van der Waals surface area contributed by atoms with E-state index in [1.165, 1.54) is 25.1 Å². The van der Waals surface area contributed by atoms with Gasteiger partial charge in [0, 0.05) is 28.8 Å². The zero-order chi connectivity index (χ0) is 19.1. The highest BCUT2D eigenvalue weighted by atomic mass is 16.6. The van der Waals surface area contributed by atoms with Crippen molar-refractivity contribution in [3.05, 3.63) is 74.5 Å². The van der Waals surface area contributed by atoms with Crippen molar-refractivity contribution in [1.29, 1.82) is 0 Å². The summed E-state index contributed by atoms with van der Waals surface area (Å²) in [6.07, 6.45) is 8.12. The van der Waals surface area contributed by atoms with Crippen LogP contribution in [0.15, 0.2) is 58.3 Å². The summed E-state index contributed by atoms with van der Waals surface area (Å²) in [5, 5.41) is 14.0. The first-order valence-electron chi connectivity index (χ1n) is 8.76. The van der Waals surface area contributed by atoms with E-state index in [0.29, 0.717) is 5.71 Å². The van der Waals surface area contributed by atoms with E-state index < -0.39 is 10.8 Å². The summed E-state index contributed by atoms with van der Waals surface area (Å²) in [7, 11) is 0. The molecule has 2 amide bonds. The first-order chi connectivity index (χ1) is 13.0. The van der Waals surface area contributed by atoms with Gasteiger partial charge in [0.2, 0.25) is 0 Å². The maximum atomic E-state index is 12.5. The van der Waals surface area contributed by atoms with Crippen LogP contribution in [0.4, 0.5) is 5.69 Å². The van der Waals surface area contributed by atoms with Gasteiger partial charge >= 0.3 is 0 Å². The molecule has 4 rings (SSSR count). The molecule has 1 aliphatic heterocycles. The van der Waals surface area contributed by atoms with Gasteiger partial charge < -0.3 is 5.32 Å². The number of carbonyl (C=O) groups is 2. The van der Waals surface area contributed by atoms with Crippen molar-refractivity contribution in [3.8, 4) is 0 Å². The third-order valence-corrected chi connectivity index (χ3v) is 5.23. The number of nitrogens with one attached hydrogen (secondary N) is 1. The fraction of sp³-hybridized carbons (Fsp3) is 0.250. The number of hydrogen-bond acceptors (Lipinski definition) is 4. The zero-order valence-corrected chi connectivity index (χ0v) is 14.7. The van der Waals surface area contributed by atoms with E-state index in [9.17, 15) is 19.7 Å². The average molecular weight is 363 g/mol. The third-order valence-electron chi connectivity index (χ3n) is 5.23. The van der Waals surface area contributed by atoms with Gasteiger partial charge in [-0.15, -0.1) is 0 Å². The van der Waals surface area contributed by atoms with Crippen LogP contribution in [0.25, 0.3) is 0 Å². The highest BCUT2D eigenvalue weighted by Crippen LogP contribution is 2.39. The van der Waals surface area contributed by atoms with Gasteiger partial charge in [-0.2, -0.15) is 0 Å². The average Bonchev–Trinajstić information content (AvgIpc) is 3.12. The Balaban J connectivity index is 1.65. The highest BCUT2D eigenvalue weighted by molar-refractivity contribution is 6.14. The Bertz CT molecular complexity index is 1010. The monoisotopic (exact) mass is 363 g/mol. The SMILES string of the molecule is Cc1c(C(=O)N=C2C=CC3C(=C2)NC(=O)C2=C3CCC2)cccc1[N+](=O)[O-]. The molecule has 7 heteroatoms. The lowest BCUT2D eigenvalue weighted by atomic mass is 9.85. The number of hydrogen-bond donors (Lipinski definition) is 1. The smallest absolute Gasteiger partial charge is 0.278 e. The number of nitro groups is 1. The Hall–Kier alpha value is -3.35. The summed E-state index contributed by atoms with van der Waals surface area (Å²) in [6.45, 7) is 1.53. The molecule has 1 aromatic rings. The molecule has 0 radical (unpaired) electrons. The summed E-state index contributed by atoms with van der Waals surface area (Å²) >= 11 is 0. The van der Waals surface area contributed by atoms with Crippen LogP contribution < -0.4 is 5.32 Å². The van der Waals surface area contributed by atoms with Crippen molar-refractivity contribution in [1.82, 2.24) is 5.32 Å². The predicted molar refractivity (Wildman–Crippen MR) is 99.3 cm³/mol. The van der Waals surface area contributed by atoms with E-state index >= 15 is 0 Å². The van der Waals surface area contributed by atoms with Crippen molar-refractivity contribution in [2.45, 2.75) is 26.2 Å². The van der Waals surface area contributed by atoms with Crippen LogP contribution in [-0.4, -0.2) is 22.4 Å². The van der Waals surface area contributed by atoms with Crippen molar-refractivity contribution in [2.75, 3.05) is 0 Å². The minimum Gasteiger partial charge on any atom is -0.325 e. The number of carbonyl (C=O) groups excluding carboxylic acids is 2. The molecule has 2 aliphatic carbocycles. The minimum atomic E-state index is -0.547. The van der Waals surface area contributed by atoms with Gasteiger partial charge in [-0.05, 0) is 50.0 Å². The summed E-state index contributed by atoms with van der Waals surface area (Å²) < 4.78 is 0. The number of amides is 2. The lowest BCUT2D eigenvalue weighted by Gasteiger charge is -2.28. The van der Waals surface area contributed by atoms with Gasteiger partial charge in [0.25, 0.3) is 17.5 Å². The van der Waals surface area contributed by atoms with Crippen molar-refractivity contribution in [2.24, 2.45) is 10.9 Å². The molecular formula is C20H17N3O4. The molecule has 3 aliphatic rings. The normalized spacial score (nSPS) is 22.3. The number of nitrogens with zero attached hydrogens (tertiary/aromatic N) is 2. The molecule has 1 aromatic carbocycles.